The van der Waals surface area contributed by atoms with Gasteiger partial charge in [-0.1, -0.05) is 63.7 Å². The number of unbranched alkanes of at least 4 members (excludes halogenated alkanes) is 8. The standard InChI is InChI=1S/C20H34O3/c1-3-4-5-6-7-10-13-16-19(21)17-14-11-8-9-12-15-18-20(22)23-2/h13,16,19,21H,3-6,8-9,11-12,14-15,17-18H2,1-2H3/b16-13+. The number of aliphatic hydroxyl groups is 1. The number of hydrogen-bond donors (Lipinski definition) is 1. The molecule has 0 bridgehead atoms. The van der Waals surface area contributed by atoms with Gasteiger partial charge in [0.1, 0.15) is 0 Å². The van der Waals surface area contributed by atoms with Gasteiger partial charge in [-0.3, -0.25) is 4.79 Å². The quantitative estimate of drug-likeness (QED) is 0.301. The molecule has 1 N–H and O–H groups in total. The Labute approximate surface area is 142 Å². The van der Waals surface area contributed by atoms with E-state index < -0.39 is 0 Å². The first-order valence-electron chi connectivity index (χ1n) is 9.10. The third-order valence-electron chi connectivity index (χ3n) is 3.77. The van der Waals surface area contributed by atoms with Crippen LogP contribution in [-0.2, 0) is 9.53 Å². The first-order valence-corrected chi connectivity index (χ1v) is 9.10. The van der Waals surface area contributed by atoms with Gasteiger partial charge in [0, 0.05) is 12.8 Å². The lowest BCUT2D eigenvalue weighted by atomic mass is 10.1. The summed E-state index contributed by atoms with van der Waals surface area (Å²) in [6, 6.07) is 0. The molecule has 0 aliphatic rings. The Balaban J connectivity index is 3.42. The van der Waals surface area contributed by atoms with Gasteiger partial charge in [0.2, 0.25) is 0 Å². The third kappa shape index (κ3) is 16.9. The van der Waals surface area contributed by atoms with Crippen molar-refractivity contribution in [1.29, 1.82) is 0 Å². The summed E-state index contributed by atoms with van der Waals surface area (Å²) < 4.78 is 4.60. The highest BCUT2D eigenvalue weighted by Crippen LogP contribution is 2.10. The second kappa shape index (κ2) is 17.1. The monoisotopic (exact) mass is 322 g/mol. The maximum absolute atomic E-state index is 10.9. The maximum atomic E-state index is 10.9. The van der Waals surface area contributed by atoms with Crippen molar-refractivity contribution >= 4 is 5.97 Å². The lowest BCUT2D eigenvalue weighted by molar-refractivity contribution is -0.140. The summed E-state index contributed by atoms with van der Waals surface area (Å²) in [4.78, 5) is 10.9. The molecule has 0 saturated heterocycles. The van der Waals surface area contributed by atoms with E-state index in [1.807, 2.05) is 0 Å². The number of methoxy groups -OCH3 is 1. The summed E-state index contributed by atoms with van der Waals surface area (Å²) in [5, 5.41) is 9.81. The number of aliphatic hydroxyl groups excluding tert-OH is 1. The number of ether oxygens (including phenoxy) is 1. The van der Waals surface area contributed by atoms with E-state index in [9.17, 15) is 9.90 Å². The maximum Gasteiger partial charge on any atom is 0.305 e. The molecule has 0 rings (SSSR count). The van der Waals surface area contributed by atoms with Crippen LogP contribution in [-0.4, -0.2) is 24.3 Å². The molecule has 0 fully saturated rings. The van der Waals surface area contributed by atoms with Gasteiger partial charge in [-0.05, 0) is 31.4 Å². The number of carbonyl (C=O) groups excluding carboxylic acids is 1. The number of esters is 1. The van der Waals surface area contributed by atoms with Crippen LogP contribution in [0.25, 0.3) is 0 Å². The highest BCUT2D eigenvalue weighted by atomic mass is 16.5. The Hall–Kier alpha value is -1.27. The topological polar surface area (TPSA) is 46.5 Å². The Kier molecular flexibility index (Phi) is 16.1. The van der Waals surface area contributed by atoms with E-state index in [1.54, 1.807) is 12.2 Å². The van der Waals surface area contributed by atoms with Gasteiger partial charge in [-0.15, -0.1) is 0 Å². The Morgan fingerprint density at radius 1 is 1.09 bits per heavy atom. The summed E-state index contributed by atoms with van der Waals surface area (Å²) in [5.41, 5.74) is 0. The van der Waals surface area contributed by atoms with Crippen LogP contribution in [0.1, 0.15) is 84.0 Å². The molecule has 0 heterocycles. The molecule has 0 aromatic heterocycles. The van der Waals surface area contributed by atoms with E-state index in [-0.39, 0.29) is 12.1 Å². The van der Waals surface area contributed by atoms with Crippen molar-refractivity contribution in [2.45, 2.75) is 90.1 Å². The van der Waals surface area contributed by atoms with Gasteiger partial charge in [0.05, 0.1) is 13.2 Å². The minimum atomic E-state index is -0.376. The second-order valence-corrected chi connectivity index (χ2v) is 5.94. The average molecular weight is 322 g/mol. The first-order chi connectivity index (χ1) is 11.2. The summed E-state index contributed by atoms with van der Waals surface area (Å²) >= 11 is 0. The molecule has 23 heavy (non-hydrogen) atoms. The minimum Gasteiger partial charge on any atom is -0.469 e. The van der Waals surface area contributed by atoms with Crippen molar-refractivity contribution in [3.8, 4) is 11.8 Å². The molecule has 132 valence electrons. The molecule has 0 spiro atoms. The van der Waals surface area contributed by atoms with Crippen LogP contribution in [0.2, 0.25) is 0 Å². The van der Waals surface area contributed by atoms with Crippen molar-refractivity contribution in [3.63, 3.8) is 0 Å². The normalized spacial score (nSPS) is 12.0. The van der Waals surface area contributed by atoms with Crippen molar-refractivity contribution in [2.24, 2.45) is 0 Å². The SMILES string of the molecule is CCCCCC#C/C=C/C(O)CCCCCCCCC(=O)OC. The molecule has 0 aliphatic heterocycles. The van der Waals surface area contributed by atoms with Gasteiger partial charge in [0.15, 0.2) is 0 Å². The number of rotatable bonds is 13. The summed E-state index contributed by atoms with van der Waals surface area (Å²) in [7, 11) is 1.43. The van der Waals surface area contributed by atoms with Crippen LogP contribution in [0.15, 0.2) is 12.2 Å². The van der Waals surface area contributed by atoms with Crippen molar-refractivity contribution < 1.29 is 14.6 Å². The molecule has 3 nitrogen and oxygen atoms in total. The molecular formula is C20H34O3. The third-order valence-corrected chi connectivity index (χ3v) is 3.77. The number of hydrogen-bond acceptors (Lipinski definition) is 3. The molecule has 0 aliphatic carbocycles. The highest BCUT2D eigenvalue weighted by Gasteiger charge is 2.00. The van der Waals surface area contributed by atoms with E-state index in [4.69, 9.17) is 0 Å². The summed E-state index contributed by atoms with van der Waals surface area (Å²) in [6.07, 6.45) is 15.6. The van der Waals surface area contributed by atoms with Crippen LogP contribution in [0.4, 0.5) is 0 Å². The molecule has 1 unspecified atom stereocenters. The predicted octanol–water partition coefficient (Wildman–Crippen LogP) is 4.78. The van der Waals surface area contributed by atoms with Gasteiger partial charge < -0.3 is 9.84 Å². The van der Waals surface area contributed by atoms with Gasteiger partial charge >= 0.3 is 5.97 Å². The molecule has 3 heteroatoms. The van der Waals surface area contributed by atoms with Crippen LogP contribution < -0.4 is 0 Å². The highest BCUT2D eigenvalue weighted by molar-refractivity contribution is 5.68. The second-order valence-electron chi connectivity index (χ2n) is 5.94. The minimum absolute atomic E-state index is 0.117. The number of allylic oxidation sites excluding steroid dienone is 1. The van der Waals surface area contributed by atoms with E-state index in [0.29, 0.717) is 6.42 Å². The zero-order valence-corrected chi connectivity index (χ0v) is 15.0. The van der Waals surface area contributed by atoms with Gasteiger partial charge in [0.25, 0.3) is 0 Å². The van der Waals surface area contributed by atoms with E-state index in [0.717, 1.165) is 51.4 Å². The van der Waals surface area contributed by atoms with Crippen LogP contribution in [0.5, 0.6) is 0 Å². The zero-order valence-electron chi connectivity index (χ0n) is 15.0. The molecule has 0 aromatic rings. The lowest BCUT2D eigenvalue weighted by Crippen LogP contribution is -2.01. The largest absolute Gasteiger partial charge is 0.469 e. The molecular weight excluding hydrogens is 288 g/mol. The van der Waals surface area contributed by atoms with Crippen LogP contribution in [0, 0.1) is 11.8 Å². The van der Waals surface area contributed by atoms with E-state index >= 15 is 0 Å². The fraction of sp³-hybridized carbons (Fsp3) is 0.750. The smallest absolute Gasteiger partial charge is 0.305 e. The molecule has 0 radical (unpaired) electrons. The fourth-order valence-corrected chi connectivity index (χ4v) is 2.28. The summed E-state index contributed by atoms with van der Waals surface area (Å²) in [6.45, 7) is 2.19. The average Bonchev–Trinajstić information content (AvgIpc) is 2.56. The van der Waals surface area contributed by atoms with Gasteiger partial charge in [-0.2, -0.15) is 0 Å². The van der Waals surface area contributed by atoms with Crippen molar-refractivity contribution in [2.75, 3.05) is 7.11 Å². The lowest BCUT2D eigenvalue weighted by Gasteiger charge is -2.05. The molecule has 1 atom stereocenters. The Morgan fingerprint density at radius 2 is 1.78 bits per heavy atom. The zero-order chi connectivity index (χ0) is 17.2. The van der Waals surface area contributed by atoms with E-state index in [2.05, 4.69) is 23.5 Å². The molecule has 0 aromatic carbocycles. The predicted molar refractivity (Wildman–Crippen MR) is 96.0 cm³/mol. The van der Waals surface area contributed by atoms with E-state index in [1.165, 1.54) is 26.4 Å². The first kappa shape index (κ1) is 21.7. The Bertz CT molecular complexity index is 363. The molecule has 0 amide bonds. The van der Waals surface area contributed by atoms with Crippen molar-refractivity contribution in [1.82, 2.24) is 0 Å². The van der Waals surface area contributed by atoms with Gasteiger partial charge in [-0.25, -0.2) is 0 Å². The van der Waals surface area contributed by atoms with Crippen molar-refractivity contribution in [3.05, 3.63) is 12.2 Å². The Morgan fingerprint density at radius 3 is 2.48 bits per heavy atom. The molecule has 0 saturated carbocycles. The number of carbonyl (C=O) groups is 1. The summed E-state index contributed by atoms with van der Waals surface area (Å²) in [5.74, 6) is 5.97. The van der Waals surface area contributed by atoms with Crippen LogP contribution >= 0.6 is 0 Å². The fourth-order valence-electron chi connectivity index (χ4n) is 2.28. The van der Waals surface area contributed by atoms with Crippen LogP contribution in [0.3, 0.4) is 0 Å².